The number of thiocarbonyl (C=S) groups is 1. The molecule has 108 valence electrons. The van der Waals surface area contributed by atoms with Crippen molar-refractivity contribution in [2.24, 2.45) is 5.73 Å². The van der Waals surface area contributed by atoms with Gasteiger partial charge in [-0.25, -0.2) is 0 Å². The van der Waals surface area contributed by atoms with E-state index in [0.29, 0.717) is 5.56 Å². The van der Waals surface area contributed by atoms with Crippen molar-refractivity contribution in [3.8, 4) is 0 Å². The lowest BCUT2D eigenvalue weighted by molar-refractivity contribution is -0.385. The number of carboxylic acid groups (broad SMARTS) is 1. The molecule has 1 atom stereocenters. The lowest BCUT2D eigenvalue weighted by atomic mass is 10.0. The van der Waals surface area contributed by atoms with Gasteiger partial charge in [-0.15, -0.1) is 0 Å². The maximum atomic E-state index is 11.0. The van der Waals surface area contributed by atoms with Gasteiger partial charge in [-0.2, -0.15) is 0 Å². The molecule has 7 nitrogen and oxygen atoms in total. The van der Waals surface area contributed by atoms with Gasteiger partial charge in [0, 0.05) is 12.6 Å². The van der Waals surface area contributed by atoms with Crippen LogP contribution in [0.5, 0.6) is 0 Å². The highest BCUT2D eigenvalue weighted by Crippen LogP contribution is 2.28. The van der Waals surface area contributed by atoms with E-state index < -0.39 is 16.9 Å². The summed E-state index contributed by atoms with van der Waals surface area (Å²) in [5, 5.41) is 19.7. The van der Waals surface area contributed by atoms with Crippen LogP contribution in [0, 0.1) is 10.1 Å². The van der Waals surface area contributed by atoms with Crippen molar-refractivity contribution in [1.29, 1.82) is 0 Å². The topological polar surface area (TPSA) is 110 Å². The number of rotatable bonds is 7. The summed E-state index contributed by atoms with van der Waals surface area (Å²) in [5.74, 6) is -0.957. The summed E-state index contributed by atoms with van der Waals surface area (Å²) in [5.41, 5.74) is 5.93. The first-order valence-electron chi connectivity index (χ1n) is 5.79. The molecule has 1 unspecified atom stereocenters. The van der Waals surface area contributed by atoms with Crippen molar-refractivity contribution in [1.82, 2.24) is 4.90 Å². The molecule has 0 fully saturated rings. The van der Waals surface area contributed by atoms with Crippen molar-refractivity contribution >= 4 is 28.9 Å². The van der Waals surface area contributed by atoms with E-state index in [4.69, 9.17) is 23.1 Å². The Morgan fingerprint density at radius 3 is 2.65 bits per heavy atom. The van der Waals surface area contributed by atoms with Gasteiger partial charge in [0.15, 0.2) is 0 Å². The molecule has 8 heteroatoms. The zero-order valence-electron chi connectivity index (χ0n) is 10.9. The van der Waals surface area contributed by atoms with Crippen molar-refractivity contribution in [3.05, 3.63) is 39.9 Å². The Hall–Kier alpha value is -2.06. The molecule has 3 N–H and O–H groups in total. The quantitative estimate of drug-likeness (QED) is 0.444. The van der Waals surface area contributed by atoms with E-state index >= 15 is 0 Å². The van der Waals surface area contributed by atoms with Gasteiger partial charge in [0.1, 0.15) is 0 Å². The third-order valence-electron chi connectivity index (χ3n) is 2.82. The number of para-hydroxylation sites is 1. The highest BCUT2D eigenvalue weighted by Gasteiger charge is 2.27. The fourth-order valence-corrected chi connectivity index (χ4v) is 2.20. The number of nitro benzene ring substituents is 1. The summed E-state index contributed by atoms with van der Waals surface area (Å²) in [6, 6.07) is 5.46. The minimum absolute atomic E-state index is 0.0622. The molecule has 0 saturated carbocycles. The number of carboxylic acids is 1. The zero-order chi connectivity index (χ0) is 15.3. The summed E-state index contributed by atoms with van der Waals surface area (Å²) in [7, 11) is 1.63. The molecule has 0 heterocycles. The van der Waals surface area contributed by atoms with Crippen LogP contribution in [0.15, 0.2) is 24.3 Å². The van der Waals surface area contributed by atoms with Crippen LogP contribution >= 0.6 is 12.2 Å². The van der Waals surface area contributed by atoms with E-state index in [2.05, 4.69) is 0 Å². The molecule has 0 aliphatic carbocycles. The smallest absolute Gasteiger partial charge is 0.304 e. The number of nitro groups is 1. The lowest BCUT2D eigenvalue weighted by Crippen LogP contribution is -2.35. The third kappa shape index (κ3) is 3.97. The van der Waals surface area contributed by atoms with E-state index in [-0.39, 0.29) is 23.6 Å². The Kier molecular flexibility index (Phi) is 5.53. The van der Waals surface area contributed by atoms with Crippen LogP contribution in [0.2, 0.25) is 0 Å². The van der Waals surface area contributed by atoms with Crippen molar-refractivity contribution in [2.45, 2.75) is 12.5 Å². The normalized spacial score (nSPS) is 12.1. The summed E-state index contributed by atoms with van der Waals surface area (Å²) in [6.07, 6.45) is -0.101. The molecule has 0 bridgehead atoms. The van der Waals surface area contributed by atoms with Crippen LogP contribution in [0.4, 0.5) is 5.69 Å². The first kappa shape index (κ1) is 16.0. The largest absolute Gasteiger partial charge is 0.481 e. The van der Waals surface area contributed by atoms with Crippen LogP contribution < -0.4 is 5.73 Å². The highest BCUT2D eigenvalue weighted by molar-refractivity contribution is 7.80. The van der Waals surface area contributed by atoms with E-state index in [9.17, 15) is 14.9 Å². The van der Waals surface area contributed by atoms with Gasteiger partial charge in [0.2, 0.25) is 0 Å². The molecule has 1 aromatic carbocycles. The molecular formula is C12H15N3O4S. The number of carbonyl (C=O) groups is 1. The molecule has 0 amide bonds. The van der Waals surface area contributed by atoms with Gasteiger partial charge in [-0.05, 0) is 7.05 Å². The number of aliphatic carboxylic acids is 1. The van der Waals surface area contributed by atoms with Crippen molar-refractivity contribution in [2.75, 3.05) is 13.6 Å². The Morgan fingerprint density at radius 1 is 1.55 bits per heavy atom. The van der Waals surface area contributed by atoms with Crippen LogP contribution in [0.25, 0.3) is 0 Å². The number of nitrogens with zero attached hydrogens (tertiary/aromatic N) is 2. The number of likely N-dealkylation sites (N-methyl/N-ethyl adjacent to an activating group) is 1. The van der Waals surface area contributed by atoms with E-state index in [1.807, 2.05) is 0 Å². The van der Waals surface area contributed by atoms with Crippen molar-refractivity contribution in [3.63, 3.8) is 0 Å². The second kappa shape index (κ2) is 6.92. The molecule has 0 spiro atoms. The molecule has 1 aromatic rings. The van der Waals surface area contributed by atoms with Crippen LogP contribution in [0.1, 0.15) is 18.0 Å². The molecule has 20 heavy (non-hydrogen) atoms. The van der Waals surface area contributed by atoms with Crippen molar-refractivity contribution < 1.29 is 14.8 Å². The molecule has 1 rings (SSSR count). The highest BCUT2D eigenvalue weighted by atomic mass is 32.1. The average Bonchev–Trinajstić information content (AvgIpc) is 2.36. The van der Waals surface area contributed by atoms with E-state index in [1.54, 1.807) is 30.1 Å². The Labute approximate surface area is 121 Å². The van der Waals surface area contributed by atoms with Gasteiger partial charge in [-0.1, -0.05) is 30.4 Å². The van der Waals surface area contributed by atoms with Gasteiger partial charge in [-0.3, -0.25) is 19.8 Å². The SMILES string of the molecule is CN(CCC(=O)O)C(C(N)=S)c1ccccc1[N+](=O)[O-]. The first-order chi connectivity index (χ1) is 9.34. The van der Waals surface area contributed by atoms with Gasteiger partial charge < -0.3 is 10.8 Å². The zero-order valence-corrected chi connectivity index (χ0v) is 11.7. The summed E-state index contributed by atoms with van der Waals surface area (Å²) >= 11 is 4.97. The van der Waals surface area contributed by atoms with Gasteiger partial charge >= 0.3 is 5.97 Å². The van der Waals surface area contributed by atoms with E-state index in [1.165, 1.54) is 6.07 Å². The maximum Gasteiger partial charge on any atom is 0.304 e. The third-order valence-corrected chi connectivity index (χ3v) is 3.04. The monoisotopic (exact) mass is 297 g/mol. The second-order valence-electron chi connectivity index (χ2n) is 4.25. The molecule has 0 radical (unpaired) electrons. The van der Waals surface area contributed by atoms with Crippen LogP contribution in [-0.4, -0.2) is 39.5 Å². The first-order valence-corrected chi connectivity index (χ1v) is 6.20. The minimum Gasteiger partial charge on any atom is -0.481 e. The van der Waals surface area contributed by atoms with Crippen LogP contribution in [-0.2, 0) is 4.79 Å². The predicted octanol–water partition coefficient (Wildman–Crippen LogP) is 1.33. The Morgan fingerprint density at radius 2 is 2.15 bits per heavy atom. The second-order valence-corrected chi connectivity index (χ2v) is 4.72. The number of hydrogen-bond donors (Lipinski definition) is 2. The standard InChI is InChI=1S/C12H15N3O4S/c1-14(7-6-10(16)17)11(12(13)20)8-4-2-3-5-9(8)15(18)19/h2-5,11H,6-7H2,1H3,(H2,13,20)(H,16,17). The lowest BCUT2D eigenvalue weighted by Gasteiger charge is -2.26. The number of hydrogen-bond acceptors (Lipinski definition) is 5. The van der Waals surface area contributed by atoms with E-state index in [0.717, 1.165) is 0 Å². The molecular weight excluding hydrogens is 282 g/mol. The average molecular weight is 297 g/mol. The summed E-state index contributed by atoms with van der Waals surface area (Å²) < 4.78 is 0. The Balaban J connectivity index is 3.11. The molecule has 0 saturated heterocycles. The van der Waals surface area contributed by atoms with Gasteiger partial charge in [0.05, 0.1) is 27.9 Å². The predicted molar refractivity (Wildman–Crippen MR) is 77.5 cm³/mol. The number of nitrogens with two attached hydrogens (primary N) is 1. The summed E-state index contributed by atoms with van der Waals surface area (Å²) in [6.45, 7) is 0.184. The van der Waals surface area contributed by atoms with Crippen LogP contribution in [0.3, 0.4) is 0 Å². The Bertz CT molecular complexity index is 535. The number of benzene rings is 1. The molecule has 0 aromatic heterocycles. The summed E-state index contributed by atoms with van der Waals surface area (Å²) in [4.78, 5) is 22.8. The fraction of sp³-hybridized carbons (Fsp3) is 0.333. The fourth-order valence-electron chi connectivity index (χ4n) is 1.89. The van der Waals surface area contributed by atoms with Gasteiger partial charge in [0.25, 0.3) is 5.69 Å². The minimum atomic E-state index is -0.957. The maximum absolute atomic E-state index is 11.0. The molecule has 0 aliphatic heterocycles. The molecule has 0 aliphatic rings.